The van der Waals surface area contributed by atoms with Crippen molar-refractivity contribution in [3.05, 3.63) is 35.9 Å². The highest BCUT2D eigenvalue weighted by Gasteiger charge is 2.40. The molecule has 3 N–H and O–H groups in total. The number of piperazine rings is 1. The molecule has 8 nitrogen and oxygen atoms in total. The van der Waals surface area contributed by atoms with Crippen LogP contribution in [0.3, 0.4) is 0 Å². The van der Waals surface area contributed by atoms with Crippen molar-refractivity contribution < 1.29 is 4.74 Å². The van der Waals surface area contributed by atoms with Gasteiger partial charge in [0.1, 0.15) is 0 Å². The topological polar surface area (TPSA) is 82.8 Å². The predicted octanol–water partition coefficient (Wildman–Crippen LogP) is 1.61. The summed E-state index contributed by atoms with van der Waals surface area (Å²) in [6.45, 7) is 12.6. The zero-order valence-corrected chi connectivity index (χ0v) is 20.8. The van der Waals surface area contributed by atoms with E-state index in [2.05, 4.69) is 67.2 Å². The molecule has 1 aromatic heterocycles. The molecule has 0 atom stereocenters. The average molecular weight is 476 g/mol. The Bertz CT molecular complexity index is 1060. The number of aryl methyl sites for hydroxylation is 1. The fourth-order valence-corrected chi connectivity index (χ4v) is 5.36. The number of hydrogen-bond acceptors (Lipinski definition) is 8. The van der Waals surface area contributed by atoms with Crippen molar-refractivity contribution in [3.8, 4) is 23.1 Å². The molecule has 0 bridgehead atoms. The Morgan fingerprint density at radius 1 is 1.00 bits per heavy atom. The van der Waals surface area contributed by atoms with Gasteiger partial charge in [0.25, 0.3) is 0 Å². The second-order valence-electron chi connectivity index (χ2n) is 9.92. The van der Waals surface area contributed by atoms with Gasteiger partial charge in [-0.3, -0.25) is 9.80 Å². The number of nitrogens with zero attached hydrogens (tertiary/aromatic N) is 5. The van der Waals surface area contributed by atoms with Gasteiger partial charge in [0.2, 0.25) is 0 Å². The Labute approximate surface area is 208 Å². The maximum atomic E-state index is 6.37. The van der Waals surface area contributed by atoms with Crippen LogP contribution in [0.25, 0.3) is 11.3 Å². The summed E-state index contributed by atoms with van der Waals surface area (Å²) in [5.41, 5.74) is 10.3. The molecule has 0 radical (unpaired) electrons. The van der Waals surface area contributed by atoms with Crippen LogP contribution in [0.2, 0.25) is 0 Å². The molecule has 1 spiro atoms. The van der Waals surface area contributed by atoms with E-state index in [4.69, 9.17) is 10.5 Å². The normalized spacial score (nSPS) is 21.0. The summed E-state index contributed by atoms with van der Waals surface area (Å²) >= 11 is 0. The van der Waals surface area contributed by atoms with E-state index in [-0.39, 0.29) is 5.60 Å². The van der Waals surface area contributed by atoms with Gasteiger partial charge in [-0.05, 0) is 31.4 Å². The van der Waals surface area contributed by atoms with Gasteiger partial charge >= 0.3 is 0 Å². The number of nitrogen functional groups attached to an aromatic ring is 1. The number of hydrogen-bond donors (Lipinski definition) is 2. The monoisotopic (exact) mass is 475 g/mol. The van der Waals surface area contributed by atoms with Crippen LogP contribution in [-0.4, -0.2) is 97.7 Å². The average Bonchev–Trinajstić information content (AvgIpc) is 2.89. The van der Waals surface area contributed by atoms with Crippen LogP contribution in [0.4, 0.5) is 11.5 Å². The number of piperidine rings is 1. The minimum atomic E-state index is -0.0942. The molecule has 35 heavy (non-hydrogen) atoms. The third-order valence-corrected chi connectivity index (χ3v) is 7.51. The maximum absolute atomic E-state index is 6.37. The number of ether oxygens (including phenoxy) is 1. The van der Waals surface area contributed by atoms with E-state index in [0.717, 1.165) is 102 Å². The summed E-state index contributed by atoms with van der Waals surface area (Å²) < 4.78 is 6.37. The Morgan fingerprint density at radius 2 is 1.74 bits per heavy atom. The van der Waals surface area contributed by atoms with Crippen molar-refractivity contribution in [2.75, 3.05) is 82.7 Å². The molecule has 4 heterocycles. The van der Waals surface area contributed by atoms with Crippen LogP contribution < -0.4 is 16.0 Å². The maximum Gasteiger partial charge on any atom is 0.169 e. The Kier molecular flexibility index (Phi) is 7.49. The van der Waals surface area contributed by atoms with E-state index in [9.17, 15) is 0 Å². The lowest BCUT2D eigenvalue weighted by Crippen LogP contribution is -2.57. The molecular weight excluding hydrogens is 438 g/mol. The van der Waals surface area contributed by atoms with Gasteiger partial charge in [0.15, 0.2) is 5.82 Å². The van der Waals surface area contributed by atoms with Crippen LogP contribution in [0.5, 0.6) is 0 Å². The van der Waals surface area contributed by atoms with Crippen LogP contribution in [-0.2, 0) is 4.74 Å². The van der Waals surface area contributed by atoms with Gasteiger partial charge in [-0.25, -0.2) is 0 Å². The van der Waals surface area contributed by atoms with Gasteiger partial charge in [-0.2, -0.15) is 0 Å². The molecule has 0 saturated carbocycles. The first-order valence-corrected chi connectivity index (χ1v) is 12.8. The highest BCUT2D eigenvalue weighted by Crippen LogP contribution is 2.35. The fourth-order valence-electron chi connectivity index (χ4n) is 5.36. The smallest absolute Gasteiger partial charge is 0.169 e. The van der Waals surface area contributed by atoms with Crippen LogP contribution in [0, 0.1) is 18.8 Å². The molecule has 3 fully saturated rings. The molecule has 2 aromatic rings. The van der Waals surface area contributed by atoms with Crippen LogP contribution in [0.1, 0.15) is 18.4 Å². The summed E-state index contributed by atoms with van der Waals surface area (Å²) in [6.07, 6.45) is 1.94. The number of rotatable bonds is 4. The molecular formula is C27H37N7O. The molecule has 1 aromatic carbocycles. The van der Waals surface area contributed by atoms with E-state index in [1.807, 2.05) is 12.1 Å². The van der Waals surface area contributed by atoms with Crippen molar-refractivity contribution in [2.45, 2.75) is 25.4 Å². The summed E-state index contributed by atoms with van der Waals surface area (Å²) in [7, 11) is 0. The number of nitrogens with one attached hydrogen (secondary N) is 1. The second-order valence-corrected chi connectivity index (χ2v) is 9.92. The quantitative estimate of drug-likeness (QED) is 0.646. The molecule has 3 aliphatic rings. The summed E-state index contributed by atoms with van der Waals surface area (Å²) in [5.74, 6) is 7.28. The van der Waals surface area contributed by atoms with Crippen molar-refractivity contribution in [3.63, 3.8) is 0 Å². The van der Waals surface area contributed by atoms with E-state index in [1.54, 1.807) is 0 Å². The first-order valence-electron chi connectivity index (χ1n) is 12.8. The van der Waals surface area contributed by atoms with Crippen molar-refractivity contribution in [1.29, 1.82) is 0 Å². The Hall–Kier alpha value is -2.70. The predicted molar refractivity (Wildman–Crippen MR) is 140 cm³/mol. The fraction of sp³-hybridized carbons (Fsp3) is 0.556. The van der Waals surface area contributed by atoms with Gasteiger partial charge in [0, 0.05) is 57.9 Å². The first kappa shape index (κ1) is 24.0. The number of benzene rings is 1. The molecule has 186 valence electrons. The molecule has 5 rings (SSSR count). The van der Waals surface area contributed by atoms with E-state index < -0.39 is 0 Å². The van der Waals surface area contributed by atoms with E-state index in [0.29, 0.717) is 5.82 Å². The molecule has 0 aliphatic carbocycles. The zero-order valence-electron chi connectivity index (χ0n) is 20.8. The number of aromatic nitrogens is 2. The summed E-state index contributed by atoms with van der Waals surface area (Å²) in [4.78, 5) is 7.22. The van der Waals surface area contributed by atoms with E-state index >= 15 is 0 Å². The third kappa shape index (κ3) is 5.76. The van der Waals surface area contributed by atoms with Crippen LogP contribution >= 0.6 is 0 Å². The summed E-state index contributed by atoms with van der Waals surface area (Å²) in [5, 5.41) is 12.0. The molecule has 0 unspecified atom stereocenters. The third-order valence-electron chi connectivity index (χ3n) is 7.51. The Balaban J connectivity index is 1.18. The lowest BCUT2D eigenvalue weighted by atomic mass is 9.89. The Morgan fingerprint density at radius 3 is 2.51 bits per heavy atom. The van der Waals surface area contributed by atoms with Crippen molar-refractivity contribution in [2.24, 2.45) is 0 Å². The standard InChI is InChI=1S/C27H37N7O/c1-22-6-2-3-7-23(22)24-20-25(26(28)31-30-24)34-14-8-27(9-15-34)21-33(18-19-35-27)13-5-4-12-32-16-10-29-11-17-32/h2-3,6-7,20,29H,8-19,21H2,1H3,(H2,28,31). The highest BCUT2D eigenvalue weighted by molar-refractivity contribution is 5.72. The first-order chi connectivity index (χ1) is 17.1. The zero-order chi connectivity index (χ0) is 24.1. The van der Waals surface area contributed by atoms with Gasteiger partial charge in [-0.1, -0.05) is 36.1 Å². The van der Waals surface area contributed by atoms with Crippen molar-refractivity contribution in [1.82, 2.24) is 25.3 Å². The van der Waals surface area contributed by atoms with Gasteiger partial charge < -0.3 is 20.7 Å². The molecule has 3 aliphatic heterocycles. The SMILES string of the molecule is Cc1ccccc1-c1cc(N2CCC3(CC2)CN(CC#CCN2CCNCC2)CCO3)c(N)nn1. The lowest BCUT2D eigenvalue weighted by molar-refractivity contribution is -0.118. The summed E-state index contributed by atoms with van der Waals surface area (Å²) in [6, 6.07) is 10.3. The molecule has 0 amide bonds. The largest absolute Gasteiger partial charge is 0.380 e. The number of anilines is 2. The lowest BCUT2D eigenvalue weighted by Gasteiger charge is -2.47. The second kappa shape index (κ2) is 10.9. The highest BCUT2D eigenvalue weighted by atomic mass is 16.5. The molecule has 3 saturated heterocycles. The van der Waals surface area contributed by atoms with Gasteiger partial charge in [0.05, 0.1) is 36.7 Å². The minimum absolute atomic E-state index is 0.0942. The van der Waals surface area contributed by atoms with Crippen molar-refractivity contribution >= 4 is 11.5 Å². The van der Waals surface area contributed by atoms with Crippen LogP contribution in [0.15, 0.2) is 30.3 Å². The minimum Gasteiger partial charge on any atom is -0.380 e. The van der Waals surface area contributed by atoms with E-state index in [1.165, 1.54) is 5.56 Å². The molecule has 8 heteroatoms. The van der Waals surface area contributed by atoms with Gasteiger partial charge in [-0.15, -0.1) is 10.2 Å². The number of nitrogens with two attached hydrogens (primary N) is 1. The number of morpholine rings is 1.